The fourth-order valence-electron chi connectivity index (χ4n) is 3.33. The van der Waals surface area contributed by atoms with Crippen LogP contribution in [0.5, 0.6) is 0 Å². The molecule has 0 fully saturated rings. The number of hydrogen-bond acceptors (Lipinski definition) is 7. The molecule has 0 atom stereocenters. The Morgan fingerprint density at radius 3 is 2.50 bits per heavy atom. The van der Waals surface area contributed by atoms with Crippen LogP contribution in [0.4, 0.5) is 5.69 Å². The van der Waals surface area contributed by atoms with Crippen LogP contribution >= 0.6 is 11.3 Å². The summed E-state index contributed by atoms with van der Waals surface area (Å²) in [6, 6.07) is 15.3. The predicted molar refractivity (Wildman–Crippen MR) is 131 cm³/mol. The Morgan fingerprint density at radius 2 is 1.79 bits per heavy atom. The fourth-order valence-corrected chi connectivity index (χ4v) is 4.10. The van der Waals surface area contributed by atoms with Crippen molar-refractivity contribution in [2.45, 2.75) is 39.7 Å². The summed E-state index contributed by atoms with van der Waals surface area (Å²) in [7, 11) is 0. The maximum absolute atomic E-state index is 12.8. The minimum Gasteiger partial charge on any atom is -0.456 e. The van der Waals surface area contributed by atoms with E-state index >= 15 is 0 Å². The normalized spacial score (nSPS) is 11.4. The van der Waals surface area contributed by atoms with Crippen LogP contribution in [0, 0.1) is 6.92 Å². The molecule has 0 saturated heterocycles. The molecule has 2 aromatic heterocycles. The van der Waals surface area contributed by atoms with E-state index in [0.717, 1.165) is 5.56 Å². The van der Waals surface area contributed by atoms with Crippen molar-refractivity contribution < 1.29 is 14.3 Å². The highest BCUT2D eigenvalue weighted by Crippen LogP contribution is 2.23. The van der Waals surface area contributed by atoms with Gasteiger partial charge in [0, 0.05) is 11.6 Å². The molecular formula is C25H24N4O4S. The Hall–Kier alpha value is -3.85. The van der Waals surface area contributed by atoms with Gasteiger partial charge in [-0.15, -0.1) is 0 Å². The molecule has 0 bridgehead atoms. The van der Waals surface area contributed by atoms with E-state index < -0.39 is 5.97 Å². The zero-order valence-electron chi connectivity index (χ0n) is 19.3. The number of aryl methyl sites for hydroxylation is 1. The van der Waals surface area contributed by atoms with Gasteiger partial charge in [0.2, 0.25) is 4.96 Å². The van der Waals surface area contributed by atoms with Crippen LogP contribution in [0.1, 0.15) is 57.8 Å². The fraction of sp³-hybridized carbons (Fsp3) is 0.240. The van der Waals surface area contributed by atoms with Crippen LogP contribution in [-0.2, 0) is 16.8 Å². The maximum Gasteiger partial charge on any atom is 0.340 e. The molecule has 1 N–H and O–H groups in total. The number of rotatable bonds is 5. The van der Waals surface area contributed by atoms with Gasteiger partial charge >= 0.3 is 5.97 Å². The van der Waals surface area contributed by atoms with E-state index in [1.54, 1.807) is 43.3 Å². The summed E-state index contributed by atoms with van der Waals surface area (Å²) in [5.41, 5.74) is 2.09. The Kier molecular flexibility index (Phi) is 6.30. The first-order valence-electron chi connectivity index (χ1n) is 10.7. The molecule has 0 aliphatic carbocycles. The summed E-state index contributed by atoms with van der Waals surface area (Å²) in [5.74, 6) is -0.970. The standard InChI is InChI=1S/C25H24N4O4S/c1-15-28-29-21(30)13-18(26-24(29)34-15)14-33-23(32)19-7-5-6-8-20(19)27-22(31)16-9-11-17(12-10-16)25(2,3)4/h5-13H,14H2,1-4H3,(H,27,31). The van der Waals surface area contributed by atoms with Crippen molar-refractivity contribution in [2.75, 3.05) is 5.32 Å². The number of para-hydroxylation sites is 1. The lowest BCUT2D eigenvalue weighted by Crippen LogP contribution is -2.18. The number of hydrogen-bond donors (Lipinski definition) is 1. The number of amides is 1. The van der Waals surface area contributed by atoms with Crippen molar-refractivity contribution in [3.63, 3.8) is 0 Å². The molecule has 174 valence electrons. The third-order valence-electron chi connectivity index (χ3n) is 5.16. The summed E-state index contributed by atoms with van der Waals surface area (Å²) < 4.78 is 6.60. The van der Waals surface area contributed by atoms with E-state index in [-0.39, 0.29) is 29.1 Å². The van der Waals surface area contributed by atoms with Gasteiger partial charge < -0.3 is 10.1 Å². The van der Waals surface area contributed by atoms with Gasteiger partial charge in [0.25, 0.3) is 11.5 Å². The van der Waals surface area contributed by atoms with E-state index in [1.807, 2.05) is 12.1 Å². The average Bonchev–Trinajstić information content (AvgIpc) is 3.18. The van der Waals surface area contributed by atoms with E-state index in [4.69, 9.17) is 4.74 Å². The van der Waals surface area contributed by atoms with Crippen molar-refractivity contribution in [2.24, 2.45) is 0 Å². The Morgan fingerprint density at radius 1 is 1.09 bits per heavy atom. The Labute approximate surface area is 200 Å². The highest BCUT2D eigenvalue weighted by Gasteiger charge is 2.18. The smallest absolute Gasteiger partial charge is 0.340 e. The topological polar surface area (TPSA) is 103 Å². The van der Waals surface area contributed by atoms with Gasteiger partial charge in [0.15, 0.2) is 0 Å². The molecule has 0 radical (unpaired) electrons. The predicted octanol–water partition coefficient (Wildman–Crippen LogP) is 4.37. The number of aromatic nitrogens is 3. The van der Waals surface area contributed by atoms with Crippen LogP contribution in [0.3, 0.4) is 0 Å². The average molecular weight is 477 g/mol. The van der Waals surface area contributed by atoms with Crippen LogP contribution in [0.25, 0.3) is 4.96 Å². The molecule has 0 aliphatic rings. The first-order chi connectivity index (χ1) is 16.1. The van der Waals surface area contributed by atoms with Gasteiger partial charge in [-0.1, -0.05) is 56.4 Å². The first kappa shape index (κ1) is 23.3. The number of esters is 1. The number of benzene rings is 2. The SMILES string of the molecule is Cc1nn2c(=O)cc(COC(=O)c3ccccc3NC(=O)c3ccc(C(C)(C)C)cc3)nc2s1. The van der Waals surface area contributed by atoms with Crippen LogP contribution < -0.4 is 10.9 Å². The third kappa shape index (κ3) is 5.04. The third-order valence-corrected chi connectivity index (χ3v) is 5.98. The highest BCUT2D eigenvalue weighted by atomic mass is 32.1. The van der Waals surface area contributed by atoms with Crippen molar-refractivity contribution in [3.05, 3.63) is 92.3 Å². The van der Waals surface area contributed by atoms with Gasteiger partial charge in [0.1, 0.15) is 11.6 Å². The van der Waals surface area contributed by atoms with Crippen LogP contribution in [-0.4, -0.2) is 26.5 Å². The van der Waals surface area contributed by atoms with Crippen molar-refractivity contribution in [1.82, 2.24) is 14.6 Å². The molecule has 2 aromatic carbocycles. The van der Waals surface area contributed by atoms with E-state index in [2.05, 4.69) is 36.2 Å². The lowest BCUT2D eigenvalue weighted by Gasteiger charge is -2.19. The van der Waals surface area contributed by atoms with Gasteiger partial charge in [-0.2, -0.15) is 9.61 Å². The maximum atomic E-state index is 12.8. The second kappa shape index (κ2) is 9.18. The molecule has 34 heavy (non-hydrogen) atoms. The van der Waals surface area contributed by atoms with Gasteiger partial charge in [0.05, 0.1) is 16.9 Å². The Balaban J connectivity index is 1.48. The Bertz CT molecular complexity index is 1430. The van der Waals surface area contributed by atoms with Gasteiger partial charge in [-0.05, 0) is 42.2 Å². The largest absolute Gasteiger partial charge is 0.456 e. The molecule has 4 rings (SSSR count). The highest BCUT2D eigenvalue weighted by molar-refractivity contribution is 7.16. The minimum atomic E-state index is -0.638. The molecule has 0 aliphatic heterocycles. The van der Waals surface area contributed by atoms with Gasteiger partial charge in [-0.25, -0.2) is 9.78 Å². The molecule has 0 spiro atoms. The molecule has 0 saturated carbocycles. The summed E-state index contributed by atoms with van der Waals surface area (Å²) in [4.78, 5) is 42.5. The number of anilines is 1. The van der Waals surface area contributed by atoms with Crippen molar-refractivity contribution in [3.8, 4) is 0 Å². The molecular weight excluding hydrogens is 452 g/mol. The molecule has 2 heterocycles. The van der Waals surface area contributed by atoms with Crippen LogP contribution in [0.2, 0.25) is 0 Å². The van der Waals surface area contributed by atoms with Gasteiger partial charge in [-0.3, -0.25) is 9.59 Å². The number of fused-ring (bicyclic) bond motifs is 1. The summed E-state index contributed by atoms with van der Waals surface area (Å²) in [6.45, 7) is 7.91. The zero-order valence-corrected chi connectivity index (χ0v) is 20.1. The quantitative estimate of drug-likeness (QED) is 0.429. The monoisotopic (exact) mass is 476 g/mol. The van der Waals surface area contributed by atoms with E-state index in [1.165, 1.54) is 21.9 Å². The number of nitrogens with one attached hydrogen (secondary N) is 1. The number of carbonyl (C=O) groups is 2. The second-order valence-electron chi connectivity index (χ2n) is 8.80. The summed E-state index contributed by atoms with van der Waals surface area (Å²) >= 11 is 1.27. The molecule has 0 unspecified atom stereocenters. The molecule has 4 aromatic rings. The lowest BCUT2D eigenvalue weighted by atomic mass is 9.87. The first-order valence-corrected chi connectivity index (χ1v) is 11.5. The number of ether oxygens (including phenoxy) is 1. The minimum absolute atomic E-state index is 0.0187. The molecule has 1 amide bonds. The summed E-state index contributed by atoms with van der Waals surface area (Å²) in [6.07, 6.45) is 0. The summed E-state index contributed by atoms with van der Waals surface area (Å²) in [5, 5.41) is 7.58. The molecule has 8 nitrogen and oxygen atoms in total. The second-order valence-corrected chi connectivity index (χ2v) is 9.96. The van der Waals surface area contributed by atoms with E-state index in [9.17, 15) is 14.4 Å². The van der Waals surface area contributed by atoms with Crippen molar-refractivity contribution >= 4 is 33.9 Å². The number of carbonyl (C=O) groups excluding carboxylic acids is 2. The van der Waals surface area contributed by atoms with E-state index in [0.29, 0.717) is 26.9 Å². The van der Waals surface area contributed by atoms with Crippen LogP contribution in [0.15, 0.2) is 59.4 Å². The lowest BCUT2D eigenvalue weighted by molar-refractivity contribution is 0.0469. The zero-order chi connectivity index (χ0) is 24.5. The molecule has 9 heteroatoms. The van der Waals surface area contributed by atoms with Crippen molar-refractivity contribution in [1.29, 1.82) is 0 Å². The number of nitrogens with zero attached hydrogens (tertiary/aromatic N) is 3.